The van der Waals surface area contributed by atoms with Crippen molar-refractivity contribution >= 4 is 11.9 Å². The van der Waals surface area contributed by atoms with Crippen LogP contribution in [-0.4, -0.2) is 42.5 Å². The average Bonchev–Trinajstić information content (AvgIpc) is 2.52. The van der Waals surface area contributed by atoms with E-state index in [9.17, 15) is 27.9 Å². The zero-order valence-corrected chi connectivity index (χ0v) is 15.5. The Morgan fingerprint density at radius 3 is 1.72 bits per heavy atom. The second-order valence-corrected chi connectivity index (χ2v) is 6.92. The van der Waals surface area contributed by atoms with E-state index < -0.39 is 35.5 Å². The summed E-state index contributed by atoms with van der Waals surface area (Å²) in [6.07, 6.45) is -5.37. The molecular weight excluding hydrogens is 341 g/mol. The topological polar surface area (TPSA) is 72.8 Å². The van der Waals surface area contributed by atoms with Crippen LogP contribution in [-0.2, 0) is 19.1 Å². The first-order valence-corrected chi connectivity index (χ1v) is 8.41. The van der Waals surface area contributed by atoms with Crippen LogP contribution in [0.4, 0.5) is 13.2 Å². The number of aliphatic hydroxyl groups excluding tert-OH is 1. The molecule has 0 spiro atoms. The summed E-state index contributed by atoms with van der Waals surface area (Å²) < 4.78 is 48.5. The lowest BCUT2D eigenvalue weighted by atomic mass is 9.87. The number of hydrogen-bond donors (Lipinski definition) is 1. The first kappa shape index (κ1) is 23.7. The van der Waals surface area contributed by atoms with Gasteiger partial charge in [0.2, 0.25) is 0 Å². The predicted octanol–water partition coefficient (Wildman–Crippen LogP) is 3.63. The molecule has 0 aromatic carbocycles. The van der Waals surface area contributed by atoms with Gasteiger partial charge in [-0.1, -0.05) is 13.8 Å². The Labute approximate surface area is 146 Å². The van der Waals surface area contributed by atoms with Gasteiger partial charge < -0.3 is 14.6 Å². The van der Waals surface area contributed by atoms with E-state index in [-0.39, 0.29) is 32.0 Å². The quantitative estimate of drug-likeness (QED) is 0.595. The van der Waals surface area contributed by atoms with Gasteiger partial charge in [-0.3, -0.25) is 9.59 Å². The van der Waals surface area contributed by atoms with Crippen molar-refractivity contribution < 1.29 is 37.3 Å². The lowest BCUT2D eigenvalue weighted by molar-refractivity contribution is -0.230. The molecule has 0 aliphatic rings. The Balaban J connectivity index is 4.22. The Morgan fingerprint density at radius 1 is 0.920 bits per heavy atom. The number of carbonyl (C=O) groups is 2. The van der Waals surface area contributed by atoms with E-state index >= 15 is 0 Å². The van der Waals surface area contributed by atoms with Crippen molar-refractivity contribution in [3.05, 3.63) is 0 Å². The number of aliphatic hydroxyl groups is 1. The van der Waals surface area contributed by atoms with E-state index in [4.69, 9.17) is 4.74 Å². The van der Waals surface area contributed by atoms with E-state index in [0.29, 0.717) is 6.42 Å². The van der Waals surface area contributed by atoms with Crippen LogP contribution in [0.2, 0.25) is 0 Å². The number of hydrogen-bond acceptors (Lipinski definition) is 5. The summed E-state index contributed by atoms with van der Waals surface area (Å²) in [5.41, 5.74) is -3.16. The van der Waals surface area contributed by atoms with Crippen LogP contribution >= 0.6 is 0 Å². The summed E-state index contributed by atoms with van der Waals surface area (Å²) in [4.78, 5) is 23.4. The van der Waals surface area contributed by atoms with E-state index in [2.05, 4.69) is 4.74 Å². The van der Waals surface area contributed by atoms with Crippen LogP contribution in [0.3, 0.4) is 0 Å². The van der Waals surface area contributed by atoms with Gasteiger partial charge in [0, 0.05) is 12.8 Å². The minimum absolute atomic E-state index is 0.00734. The predicted molar refractivity (Wildman–Crippen MR) is 85.7 cm³/mol. The van der Waals surface area contributed by atoms with Crippen LogP contribution in [0.25, 0.3) is 0 Å². The maximum absolute atomic E-state index is 12.9. The largest absolute Gasteiger partial charge is 0.465 e. The van der Waals surface area contributed by atoms with Crippen LogP contribution < -0.4 is 0 Å². The highest BCUT2D eigenvalue weighted by molar-refractivity contribution is 5.77. The number of alkyl halides is 3. The summed E-state index contributed by atoms with van der Waals surface area (Å²) in [5.74, 6) is -1.73. The molecule has 0 aliphatic heterocycles. The van der Waals surface area contributed by atoms with Gasteiger partial charge in [0.05, 0.1) is 24.7 Å². The summed E-state index contributed by atoms with van der Waals surface area (Å²) in [7, 11) is 0. The molecule has 0 aliphatic carbocycles. The molecule has 8 heteroatoms. The highest BCUT2D eigenvalue weighted by Crippen LogP contribution is 2.41. The van der Waals surface area contributed by atoms with Gasteiger partial charge in [0.15, 0.2) is 5.41 Å². The molecule has 0 aromatic rings. The molecule has 0 fully saturated rings. The Morgan fingerprint density at radius 2 is 1.36 bits per heavy atom. The third kappa shape index (κ3) is 6.84. The molecule has 5 nitrogen and oxygen atoms in total. The standard InChI is InChI=1S/C17H29F3O5/c1-6-15(3,4)13(22)24-10-8-12(21)9-11-25-14(23)16(5,7-2)17(18,19)20/h12,21H,6-11H2,1-5H3. The number of rotatable bonds is 10. The number of halogens is 3. The first-order chi connectivity index (χ1) is 11.3. The monoisotopic (exact) mass is 370 g/mol. The van der Waals surface area contributed by atoms with Crippen molar-refractivity contribution in [1.29, 1.82) is 0 Å². The summed E-state index contributed by atoms with van der Waals surface area (Å²) in [6.45, 7) is 7.06. The normalized spacial score (nSPS) is 16.0. The van der Waals surface area contributed by atoms with Crippen LogP contribution in [0.5, 0.6) is 0 Å². The maximum atomic E-state index is 12.9. The first-order valence-electron chi connectivity index (χ1n) is 8.41. The average molecular weight is 370 g/mol. The second-order valence-electron chi connectivity index (χ2n) is 6.92. The van der Waals surface area contributed by atoms with Gasteiger partial charge in [0.1, 0.15) is 0 Å². The zero-order valence-electron chi connectivity index (χ0n) is 15.5. The van der Waals surface area contributed by atoms with Crippen molar-refractivity contribution in [2.24, 2.45) is 10.8 Å². The van der Waals surface area contributed by atoms with E-state index in [1.54, 1.807) is 13.8 Å². The number of esters is 2. The molecule has 148 valence electrons. The summed E-state index contributed by atoms with van der Waals surface area (Å²) in [5, 5.41) is 9.75. The fourth-order valence-corrected chi connectivity index (χ4v) is 1.68. The van der Waals surface area contributed by atoms with E-state index in [0.717, 1.165) is 6.92 Å². The molecule has 2 atom stereocenters. The second kappa shape index (κ2) is 9.40. The molecule has 0 amide bonds. The Bertz CT molecular complexity index is 448. The number of carbonyl (C=O) groups excluding carboxylic acids is 2. The molecular formula is C17H29F3O5. The smallest absolute Gasteiger partial charge is 0.404 e. The molecule has 1 N–H and O–H groups in total. The summed E-state index contributed by atoms with van der Waals surface area (Å²) >= 11 is 0. The number of ether oxygens (including phenoxy) is 2. The van der Waals surface area contributed by atoms with Crippen LogP contribution in [0, 0.1) is 10.8 Å². The highest BCUT2D eigenvalue weighted by atomic mass is 19.4. The Hall–Kier alpha value is -1.31. The van der Waals surface area contributed by atoms with Gasteiger partial charge in [-0.05, 0) is 33.6 Å². The molecule has 0 saturated heterocycles. The minimum atomic E-state index is -4.70. The van der Waals surface area contributed by atoms with Crippen molar-refractivity contribution in [3.63, 3.8) is 0 Å². The van der Waals surface area contributed by atoms with E-state index in [1.807, 2.05) is 6.92 Å². The van der Waals surface area contributed by atoms with Gasteiger partial charge in [-0.15, -0.1) is 0 Å². The molecule has 0 heterocycles. The van der Waals surface area contributed by atoms with Crippen LogP contribution in [0.15, 0.2) is 0 Å². The van der Waals surface area contributed by atoms with Crippen molar-refractivity contribution in [2.45, 2.75) is 72.6 Å². The van der Waals surface area contributed by atoms with Crippen molar-refractivity contribution in [1.82, 2.24) is 0 Å². The van der Waals surface area contributed by atoms with Crippen molar-refractivity contribution in [2.75, 3.05) is 13.2 Å². The fraction of sp³-hybridized carbons (Fsp3) is 0.882. The fourth-order valence-electron chi connectivity index (χ4n) is 1.68. The van der Waals surface area contributed by atoms with Gasteiger partial charge >= 0.3 is 18.1 Å². The molecule has 0 aromatic heterocycles. The minimum Gasteiger partial charge on any atom is -0.465 e. The Kier molecular flexibility index (Phi) is 8.91. The molecule has 25 heavy (non-hydrogen) atoms. The lowest BCUT2D eigenvalue weighted by Crippen LogP contribution is -2.43. The van der Waals surface area contributed by atoms with Crippen LogP contribution in [0.1, 0.15) is 60.3 Å². The lowest BCUT2D eigenvalue weighted by Gasteiger charge is -2.28. The third-order valence-electron chi connectivity index (χ3n) is 4.59. The molecule has 0 radical (unpaired) electrons. The van der Waals surface area contributed by atoms with Gasteiger partial charge in [0.25, 0.3) is 0 Å². The third-order valence-corrected chi connectivity index (χ3v) is 4.59. The molecule has 0 bridgehead atoms. The molecule has 2 unspecified atom stereocenters. The molecule has 0 saturated carbocycles. The van der Waals surface area contributed by atoms with Crippen molar-refractivity contribution in [3.8, 4) is 0 Å². The van der Waals surface area contributed by atoms with Gasteiger partial charge in [-0.2, -0.15) is 13.2 Å². The zero-order chi connectivity index (χ0) is 19.9. The summed E-state index contributed by atoms with van der Waals surface area (Å²) in [6, 6.07) is 0. The maximum Gasteiger partial charge on any atom is 0.404 e. The highest BCUT2D eigenvalue weighted by Gasteiger charge is 2.56. The molecule has 0 rings (SSSR count). The SMILES string of the molecule is CCC(C)(C)C(=O)OCCC(O)CCOC(=O)C(C)(CC)C(F)(F)F. The van der Waals surface area contributed by atoms with E-state index in [1.165, 1.54) is 6.92 Å². The van der Waals surface area contributed by atoms with Gasteiger partial charge in [-0.25, -0.2) is 0 Å².